The van der Waals surface area contributed by atoms with Crippen LogP contribution in [0.3, 0.4) is 0 Å². The van der Waals surface area contributed by atoms with E-state index in [1.165, 1.54) is 13.8 Å². The van der Waals surface area contributed by atoms with Crippen molar-refractivity contribution in [2.24, 2.45) is 0 Å². The van der Waals surface area contributed by atoms with Gasteiger partial charge >= 0.3 is 5.97 Å². The summed E-state index contributed by atoms with van der Waals surface area (Å²) in [6.45, 7) is 8.24. The van der Waals surface area contributed by atoms with Crippen molar-refractivity contribution in [2.75, 3.05) is 0 Å². The summed E-state index contributed by atoms with van der Waals surface area (Å²) in [4.78, 5) is 11.2. The van der Waals surface area contributed by atoms with Crippen molar-refractivity contribution in [2.45, 2.75) is 51.9 Å². The third-order valence-corrected chi connectivity index (χ3v) is 2.16. The summed E-state index contributed by atoms with van der Waals surface area (Å²) in [5, 5.41) is 19.3. The molecule has 4 nitrogen and oxygen atoms in total. The Bertz CT molecular complexity index is 235. The summed E-state index contributed by atoms with van der Waals surface area (Å²) in [7, 11) is 0. The Morgan fingerprint density at radius 2 is 2.13 bits per heavy atom. The van der Waals surface area contributed by atoms with Crippen molar-refractivity contribution in [3.05, 3.63) is 12.2 Å². The molecule has 4 heteroatoms. The molecule has 0 rings (SSSR count). The van der Waals surface area contributed by atoms with Gasteiger partial charge in [0.1, 0.15) is 6.10 Å². The number of aliphatic hydroxyl groups excluding tert-OH is 1. The molecule has 2 unspecified atom stereocenters. The van der Waals surface area contributed by atoms with Crippen LogP contribution in [-0.4, -0.2) is 28.1 Å². The Labute approximate surface area is 90.6 Å². The summed E-state index contributed by atoms with van der Waals surface area (Å²) in [5.41, 5.74) is 0.200. The number of carbonyl (C=O) groups excluding carboxylic acids is 1. The highest BCUT2D eigenvalue weighted by atomic mass is 16.7. The first kappa shape index (κ1) is 14.1. The smallest absolute Gasteiger partial charge is 0.335 e. The quantitative estimate of drug-likeness (QED) is 0.400. The summed E-state index contributed by atoms with van der Waals surface area (Å²) in [6.07, 6.45) is 0.623. The molecule has 15 heavy (non-hydrogen) atoms. The molecule has 0 amide bonds. The molecule has 0 fully saturated rings. The largest absolute Gasteiger partial charge is 0.427 e. The van der Waals surface area contributed by atoms with Crippen molar-refractivity contribution in [3.63, 3.8) is 0 Å². The molecule has 0 aliphatic carbocycles. The Hall–Kier alpha value is -0.870. The van der Waals surface area contributed by atoms with E-state index in [9.17, 15) is 15.0 Å². The van der Waals surface area contributed by atoms with Gasteiger partial charge in [-0.05, 0) is 20.3 Å². The van der Waals surface area contributed by atoms with Crippen LogP contribution < -0.4 is 0 Å². The van der Waals surface area contributed by atoms with Gasteiger partial charge in [0.05, 0.1) is 0 Å². The number of carbonyl (C=O) groups is 1. The molecular formula is C11H20O4. The zero-order valence-corrected chi connectivity index (χ0v) is 9.62. The number of hydrogen-bond acceptors (Lipinski definition) is 4. The molecule has 0 aromatic heterocycles. The van der Waals surface area contributed by atoms with Gasteiger partial charge in [-0.1, -0.05) is 19.9 Å². The number of aliphatic hydroxyl groups is 2. The van der Waals surface area contributed by atoms with E-state index in [1.807, 2.05) is 6.92 Å². The molecule has 0 saturated carbocycles. The van der Waals surface area contributed by atoms with Gasteiger partial charge in [-0.15, -0.1) is 0 Å². The second-order valence-corrected chi connectivity index (χ2v) is 3.79. The number of unbranched alkanes of at least 4 members (excludes halogenated alkanes) is 1. The Morgan fingerprint density at radius 1 is 1.60 bits per heavy atom. The van der Waals surface area contributed by atoms with Crippen LogP contribution in [0.4, 0.5) is 0 Å². The molecule has 0 radical (unpaired) electrons. The SMILES string of the molecule is C=C(C)C(=O)OC(O)(CCCC)C(C)O. The van der Waals surface area contributed by atoms with Crippen LogP contribution >= 0.6 is 0 Å². The lowest BCUT2D eigenvalue weighted by Crippen LogP contribution is -2.45. The van der Waals surface area contributed by atoms with E-state index in [-0.39, 0.29) is 12.0 Å². The number of ether oxygens (including phenoxy) is 1. The lowest BCUT2D eigenvalue weighted by Gasteiger charge is -2.30. The van der Waals surface area contributed by atoms with Crippen LogP contribution in [-0.2, 0) is 9.53 Å². The predicted octanol–water partition coefficient (Wildman–Crippen LogP) is 1.37. The van der Waals surface area contributed by atoms with Crippen molar-refractivity contribution >= 4 is 5.97 Å². The van der Waals surface area contributed by atoms with E-state index < -0.39 is 17.9 Å². The predicted molar refractivity (Wildman–Crippen MR) is 57.1 cm³/mol. The number of esters is 1. The van der Waals surface area contributed by atoms with Crippen LogP contribution in [0.2, 0.25) is 0 Å². The van der Waals surface area contributed by atoms with Gasteiger partial charge in [0.2, 0.25) is 5.79 Å². The first-order chi connectivity index (χ1) is 6.83. The molecule has 0 aliphatic rings. The van der Waals surface area contributed by atoms with Gasteiger partial charge in [-0.25, -0.2) is 4.79 Å². The van der Waals surface area contributed by atoms with E-state index >= 15 is 0 Å². The fourth-order valence-electron chi connectivity index (χ4n) is 1.02. The minimum atomic E-state index is -1.80. The summed E-state index contributed by atoms with van der Waals surface area (Å²) in [6, 6.07) is 0. The average molecular weight is 216 g/mol. The third-order valence-electron chi connectivity index (χ3n) is 2.16. The summed E-state index contributed by atoms with van der Waals surface area (Å²) >= 11 is 0. The molecule has 0 bridgehead atoms. The van der Waals surface area contributed by atoms with Crippen molar-refractivity contribution in [3.8, 4) is 0 Å². The van der Waals surface area contributed by atoms with Crippen LogP contribution in [0.25, 0.3) is 0 Å². The minimum Gasteiger partial charge on any atom is -0.427 e. The maximum absolute atomic E-state index is 11.2. The lowest BCUT2D eigenvalue weighted by molar-refractivity contribution is -0.244. The van der Waals surface area contributed by atoms with Gasteiger partial charge < -0.3 is 14.9 Å². The van der Waals surface area contributed by atoms with Gasteiger partial charge in [0.15, 0.2) is 0 Å². The van der Waals surface area contributed by atoms with Crippen molar-refractivity contribution in [1.82, 2.24) is 0 Å². The van der Waals surface area contributed by atoms with Crippen LogP contribution in [0.1, 0.15) is 40.0 Å². The topological polar surface area (TPSA) is 66.8 Å². The van der Waals surface area contributed by atoms with Gasteiger partial charge in [-0.3, -0.25) is 0 Å². The normalized spacial score (nSPS) is 16.6. The van der Waals surface area contributed by atoms with E-state index in [0.29, 0.717) is 6.42 Å². The first-order valence-corrected chi connectivity index (χ1v) is 5.12. The summed E-state index contributed by atoms with van der Waals surface area (Å²) in [5.74, 6) is -2.49. The molecule has 0 heterocycles. The van der Waals surface area contributed by atoms with Crippen LogP contribution in [0, 0.1) is 0 Å². The molecule has 0 aliphatic heterocycles. The molecule has 0 spiro atoms. The highest BCUT2D eigenvalue weighted by Crippen LogP contribution is 2.21. The Kier molecular flexibility index (Phi) is 5.54. The fourth-order valence-corrected chi connectivity index (χ4v) is 1.02. The maximum Gasteiger partial charge on any atom is 0.335 e. The van der Waals surface area contributed by atoms with E-state index in [0.717, 1.165) is 6.42 Å². The standard InChI is InChI=1S/C11H20O4/c1-5-6-7-11(14,9(4)12)15-10(13)8(2)3/h9,12,14H,2,5-7H2,1,3-4H3. The fraction of sp³-hybridized carbons (Fsp3) is 0.727. The molecule has 0 aromatic carbocycles. The highest BCUT2D eigenvalue weighted by Gasteiger charge is 2.36. The first-order valence-electron chi connectivity index (χ1n) is 5.12. The lowest BCUT2D eigenvalue weighted by atomic mass is 10.0. The van der Waals surface area contributed by atoms with Crippen molar-refractivity contribution in [1.29, 1.82) is 0 Å². The Balaban J connectivity index is 4.50. The molecule has 0 aromatic rings. The minimum absolute atomic E-state index is 0.200. The monoisotopic (exact) mass is 216 g/mol. The number of rotatable bonds is 6. The highest BCUT2D eigenvalue weighted by molar-refractivity contribution is 5.87. The maximum atomic E-state index is 11.2. The van der Waals surface area contributed by atoms with Gasteiger partial charge in [0, 0.05) is 12.0 Å². The average Bonchev–Trinajstić information content (AvgIpc) is 2.14. The van der Waals surface area contributed by atoms with Crippen LogP contribution in [0.15, 0.2) is 12.2 Å². The zero-order chi connectivity index (χ0) is 12.1. The van der Waals surface area contributed by atoms with Gasteiger partial charge in [-0.2, -0.15) is 0 Å². The summed E-state index contributed by atoms with van der Waals surface area (Å²) < 4.78 is 4.83. The molecule has 2 N–H and O–H groups in total. The second kappa shape index (κ2) is 5.88. The number of hydrogen-bond donors (Lipinski definition) is 2. The van der Waals surface area contributed by atoms with Crippen molar-refractivity contribution < 1.29 is 19.7 Å². The zero-order valence-electron chi connectivity index (χ0n) is 9.62. The van der Waals surface area contributed by atoms with Crippen LogP contribution in [0.5, 0.6) is 0 Å². The third kappa shape index (κ3) is 4.44. The Morgan fingerprint density at radius 3 is 2.47 bits per heavy atom. The molecule has 0 saturated heterocycles. The molecule has 88 valence electrons. The van der Waals surface area contributed by atoms with E-state index in [4.69, 9.17) is 4.74 Å². The van der Waals surface area contributed by atoms with Gasteiger partial charge in [0.25, 0.3) is 0 Å². The van der Waals surface area contributed by atoms with E-state index in [2.05, 4.69) is 6.58 Å². The molecular weight excluding hydrogens is 196 g/mol. The van der Waals surface area contributed by atoms with E-state index in [1.54, 1.807) is 0 Å². The molecule has 2 atom stereocenters. The second-order valence-electron chi connectivity index (χ2n) is 3.79.